The van der Waals surface area contributed by atoms with Crippen LogP contribution in [-0.4, -0.2) is 22.9 Å². The fourth-order valence-corrected chi connectivity index (χ4v) is 5.27. The largest absolute Gasteiger partial charge is 0.325 e. The Kier molecular flexibility index (Phi) is 7.59. The zero-order chi connectivity index (χ0) is 22.5. The van der Waals surface area contributed by atoms with Gasteiger partial charge in [-0.1, -0.05) is 49.9 Å². The van der Waals surface area contributed by atoms with E-state index in [1.165, 1.54) is 20.9 Å². The Balaban J connectivity index is 1.36. The number of hydrogen-bond donors (Lipinski definition) is 1. The Labute approximate surface area is 209 Å². The Morgan fingerprint density at radius 1 is 1.12 bits per heavy atom. The molecular weight excluding hydrogens is 549 g/mol. The molecule has 0 radical (unpaired) electrons. The molecule has 4 nitrogen and oxygen atoms in total. The molecule has 1 amide bonds. The lowest BCUT2D eigenvalue weighted by molar-refractivity contribution is -0.113. The molecule has 0 atom stereocenters. The lowest BCUT2D eigenvalue weighted by atomic mass is 10.0. The first-order chi connectivity index (χ1) is 15.5. The Bertz CT molecular complexity index is 1250. The van der Waals surface area contributed by atoms with Gasteiger partial charge in [0.05, 0.1) is 21.7 Å². The van der Waals surface area contributed by atoms with E-state index in [1.807, 2.05) is 36.5 Å². The molecule has 7 heteroatoms. The third-order valence-electron chi connectivity index (χ3n) is 4.77. The predicted octanol–water partition coefficient (Wildman–Crippen LogP) is 7.51. The Morgan fingerprint density at radius 2 is 1.88 bits per heavy atom. The van der Waals surface area contributed by atoms with Gasteiger partial charge in [-0.15, -0.1) is 11.3 Å². The van der Waals surface area contributed by atoms with Crippen LogP contribution in [0.15, 0.2) is 76.1 Å². The minimum absolute atomic E-state index is 0.0330. The average molecular weight is 572 g/mol. The molecule has 0 saturated carbocycles. The van der Waals surface area contributed by atoms with E-state index in [0.29, 0.717) is 11.7 Å². The molecule has 0 saturated heterocycles. The van der Waals surface area contributed by atoms with Gasteiger partial charge in [0.2, 0.25) is 5.91 Å². The van der Waals surface area contributed by atoms with E-state index in [-0.39, 0.29) is 5.91 Å². The molecule has 4 aromatic rings. The molecule has 4 rings (SSSR count). The molecule has 0 fully saturated rings. The van der Waals surface area contributed by atoms with Crippen molar-refractivity contribution in [1.82, 2.24) is 4.98 Å². The summed E-state index contributed by atoms with van der Waals surface area (Å²) in [6.45, 7) is 4.31. The number of nitrogens with zero attached hydrogens (tertiary/aromatic N) is 2. The van der Waals surface area contributed by atoms with E-state index < -0.39 is 0 Å². The number of amides is 1. The highest BCUT2D eigenvalue weighted by molar-refractivity contribution is 14.1. The van der Waals surface area contributed by atoms with E-state index in [9.17, 15) is 4.79 Å². The lowest BCUT2D eigenvalue weighted by Gasteiger charge is -2.08. The highest BCUT2D eigenvalue weighted by atomic mass is 127. The number of thiazole rings is 1. The molecule has 1 aromatic heterocycles. The van der Waals surface area contributed by atoms with Crippen molar-refractivity contribution in [2.75, 3.05) is 11.1 Å². The summed E-state index contributed by atoms with van der Waals surface area (Å²) in [5.41, 5.74) is 4.96. The first-order valence-electron chi connectivity index (χ1n) is 10.2. The first kappa shape index (κ1) is 22.9. The normalized spacial score (nSPS) is 11.5. The summed E-state index contributed by atoms with van der Waals surface area (Å²) in [6.07, 6.45) is 1.87. The molecular formula is C25H22IN3OS2. The van der Waals surface area contributed by atoms with Gasteiger partial charge in [0.15, 0.2) is 4.34 Å². The second-order valence-corrected chi connectivity index (χ2v) is 11.1. The topological polar surface area (TPSA) is 54.4 Å². The number of rotatable bonds is 7. The van der Waals surface area contributed by atoms with Crippen molar-refractivity contribution in [2.45, 2.75) is 24.1 Å². The number of fused-ring (bicyclic) bond motifs is 1. The van der Waals surface area contributed by atoms with Gasteiger partial charge in [0.1, 0.15) is 0 Å². The molecule has 0 aliphatic rings. The van der Waals surface area contributed by atoms with Gasteiger partial charge in [-0.25, -0.2) is 4.98 Å². The van der Waals surface area contributed by atoms with Crippen LogP contribution in [0.25, 0.3) is 10.2 Å². The van der Waals surface area contributed by atoms with Crippen LogP contribution in [0.3, 0.4) is 0 Å². The van der Waals surface area contributed by atoms with Crippen LogP contribution in [0.1, 0.15) is 30.9 Å². The molecule has 0 spiro atoms. The molecule has 162 valence electrons. The second-order valence-electron chi connectivity index (χ2n) is 7.56. The van der Waals surface area contributed by atoms with Crippen LogP contribution in [0.4, 0.5) is 11.4 Å². The second kappa shape index (κ2) is 10.6. The van der Waals surface area contributed by atoms with Gasteiger partial charge < -0.3 is 5.32 Å². The third-order valence-corrected chi connectivity index (χ3v) is 7.65. The molecule has 3 aromatic carbocycles. The van der Waals surface area contributed by atoms with Crippen molar-refractivity contribution in [3.8, 4) is 0 Å². The van der Waals surface area contributed by atoms with Crippen LogP contribution in [-0.2, 0) is 4.79 Å². The quantitative estimate of drug-likeness (QED) is 0.142. The minimum Gasteiger partial charge on any atom is -0.325 e. The summed E-state index contributed by atoms with van der Waals surface area (Å²) in [4.78, 5) is 21.6. The Morgan fingerprint density at radius 3 is 2.59 bits per heavy atom. The summed E-state index contributed by atoms with van der Waals surface area (Å²) in [5.74, 6) is 0.765. The van der Waals surface area contributed by atoms with Crippen molar-refractivity contribution in [2.24, 2.45) is 4.99 Å². The zero-order valence-electron chi connectivity index (χ0n) is 17.7. The third kappa shape index (κ3) is 6.17. The average Bonchev–Trinajstić information content (AvgIpc) is 3.20. The van der Waals surface area contributed by atoms with Crippen molar-refractivity contribution < 1.29 is 4.79 Å². The maximum Gasteiger partial charge on any atom is 0.234 e. The fourth-order valence-electron chi connectivity index (χ4n) is 3.01. The molecule has 1 N–H and O–H groups in total. The fraction of sp³-hybridized carbons (Fsp3) is 0.160. The molecule has 1 heterocycles. The zero-order valence-corrected chi connectivity index (χ0v) is 21.5. The molecule has 0 aliphatic carbocycles. The van der Waals surface area contributed by atoms with E-state index in [0.717, 1.165) is 31.5 Å². The van der Waals surface area contributed by atoms with E-state index in [2.05, 4.69) is 88.1 Å². The van der Waals surface area contributed by atoms with E-state index in [4.69, 9.17) is 0 Å². The van der Waals surface area contributed by atoms with Gasteiger partial charge in [0.25, 0.3) is 0 Å². The number of halogens is 1. The highest BCUT2D eigenvalue weighted by Crippen LogP contribution is 2.32. The number of benzene rings is 3. The number of hydrogen-bond acceptors (Lipinski definition) is 5. The number of carbonyl (C=O) groups is 1. The van der Waals surface area contributed by atoms with Gasteiger partial charge in [-0.2, -0.15) is 0 Å². The van der Waals surface area contributed by atoms with Crippen LogP contribution in [0.5, 0.6) is 0 Å². The number of carbonyl (C=O) groups excluding carboxylic acids is 1. The number of nitrogens with one attached hydrogen (secondary N) is 1. The predicted molar refractivity (Wildman–Crippen MR) is 146 cm³/mol. The van der Waals surface area contributed by atoms with Gasteiger partial charge in [-0.05, 0) is 82.1 Å². The summed E-state index contributed by atoms with van der Waals surface area (Å²) < 4.78 is 3.15. The van der Waals surface area contributed by atoms with E-state index in [1.54, 1.807) is 11.3 Å². The minimum atomic E-state index is -0.0330. The molecule has 32 heavy (non-hydrogen) atoms. The van der Waals surface area contributed by atoms with Crippen molar-refractivity contribution in [3.05, 3.63) is 81.4 Å². The standard InChI is InChI=1S/C25H22IN3OS2/c1-16(2)18-5-9-20(10-6-18)28-24(30)15-31-25-29-22-12-11-21(13-23(22)32-25)27-14-17-3-7-19(26)8-4-17/h3-14,16H,15H2,1-2H3,(H,28,30). The lowest BCUT2D eigenvalue weighted by Crippen LogP contribution is -2.13. The maximum absolute atomic E-state index is 12.3. The van der Waals surface area contributed by atoms with Gasteiger partial charge in [-0.3, -0.25) is 9.79 Å². The molecule has 0 aliphatic heterocycles. The molecule has 0 bridgehead atoms. The summed E-state index contributed by atoms with van der Waals surface area (Å²) in [5, 5.41) is 2.95. The van der Waals surface area contributed by atoms with Crippen molar-refractivity contribution in [3.63, 3.8) is 0 Å². The first-order valence-corrected chi connectivity index (χ1v) is 13.1. The van der Waals surface area contributed by atoms with Crippen LogP contribution >= 0.6 is 45.7 Å². The Hall–Kier alpha value is -2.23. The van der Waals surface area contributed by atoms with Gasteiger partial charge in [0, 0.05) is 15.5 Å². The van der Waals surface area contributed by atoms with E-state index >= 15 is 0 Å². The SMILES string of the molecule is CC(C)c1ccc(NC(=O)CSc2nc3ccc(N=Cc4ccc(I)cc4)cc3s2)cc1. The maximum atomic E-state index is 12.3. The number of aliphatic imine (C=N–C) groups is 1. The van der Waals surface area contributed by atoms with Crippen LogP contribution in [0, 0.1) is 3.57 Å². The summed E-state index contributed by atoms with van der Waals surface area (Å²) in [6, 6.07) is 22.2. The van der Waals surface area contributed by atoms with Crippen LogP contribution in [0.2, 0.25) is 0 Å². The molecule has 0 unspecified atom stereocenters. The highest BCUT2D eigenvalue weighted by Gasteiger charge is 2.09. The number of aromatic nitrogens is 1. The summed E-state index contributed by atoms with van der Waals surface area (Å²) >= 11 is 5.33. The number of thioether (sulfide) groups is 1. The van der Waals surface area contributed by atoms with Crippen molar-refractivity contribution >= 4 is 79.4 Å². The van der Waals surface area contributed by atoms with Crippen LogP contribution < -0.4 is 5.32 Å². The smallest absolute Gasteiger partial charge is 0.234 e. The monoisotopic (exact) mass is 571 g/mol. The van der Waals surface area contributed by atoms with Crippen molar-refractivity contribution in [1.29, 1.82) is 0 Å². The summed E-state index contributed by atoms with van der Waals surface area (Å²) in [7, 11) is 0. The van der Waals surface area contributed by atoms with Gasteiger partial charge >= 0.3 is 0 Å². The number of anilines is 1.